The van der Waals surface area contributed by atoms with E-state index in [9.17, 15) is 27.6 Å². The average molecular weight is 461 g/mol. The predicted octanol–water partition coefficient (Wildman–Crippen LogP) is 3.13. The van der Waals surface area contributed by atoms with Crippen LogP contribution >= 0.6 is 0 Å². The van der Waals surface area contributed by atoms with Gasteiger partial charge in [-0.1, -0.05) is 36.4 Å². The smallest absolute Gasteiger partial charge is 0.386 e. The van der Waals surface area contributed by atoms with Crippen LogP contribution in [0.4, 0.5) is 23.7 Å². The third-order valence-electron chi connectivity index (χ3n) is 5.74. The first-order valence-electron chi connectivity index (χ1n) is 10.5. The molecule has 0 radical (unpaired) electrons. The molecule has 4 rings (SSSR count). The molecule has 2 fully saturated rings. The van der Waals surface area contributed by atoms with Gasteiger partial charge >= 0.3 is 24.1 Å². The molecule has 2 aliphatic heterocycles. The first-order chi connectivity index (χ1) is 15.7. The fraction of sp³-hybridized carbons (Fsp3) is 0.348. The number of carbonyl (C=O) groups is 3. The number of anilines is 1. The summed E-state index contributed by atoms with van der Waals surface area (Å²) in [5.74, 6) is -3.73. The fourth-order valence-electron chi connectivity index (χ4n) is 3.99. The number of benzene rings is 2. The van der Waals surface area contributed by atoms with Crippen LogP contribution in [0.5, 0.6) is 0 Å². The summed E-state index contributed by atoms with van der Waals surface area (Å²) >= 11 is 0. The normalized spacial score (nSPS) is 18.3. The molecule has 0 saturated carbocycles. The summed E-state index contributed by atoms with van der Waals surface area (Å²) in [5, 5.41) is 3.31. The minimum atomic E-state index is -5.19. The third kappa shape index (κ3) is 5.16. The Balaban J connectivity index is 1.34. The number of alkyl halides is 3. The van der Waals surface area contributed by atoms with E-state index in [-0.39, 0.29) is 24.9 Å². The third-order valence-corrected chi connectivity index (χ3v) is 5.74. The Morgan fingerprint density at radius 2 is 1.67 bits per heavy atom. The van der Waals surface area contributed by atoms with Crippen molar-refractivity contribution in [1.29, 1.82) is 0 Å². The van der Waals surface area contributed by atoms with E-state index in [1.54, 1.807) is 17.0 Å². The number of rotatable bonds is 5. The number of hydrogen-bond donors (Lipinski definition) is 1. The van der Waals surface area contributed by atoms with Gasteiger partial charge in [0.2, 0.25) is 0 Å². The maximum absolute atomic E-state index is 12.7. The van der Waals surface area contributed by atoms with Gasteiger partial charge in [0.05, 0.1) is 12.5 Å². The Hall–Kier alpha value is -3.40. The van der Waals surface area contributed by atoms with Gasteiger partial charge in [0.15, 0.2) is 0 Å². The van der Waals surface area contributed by atoms with E-state index in [0.717, 1.165) is 35.5 Å². The van der Waals surface area contributed by atoms with Crippen LogP contribution in [0, 0.1) is 0 Å². The molecule has 2 aromatic carbocycles. The number of esters is 2. The lowest BCUT2D eigenvalue weighted by Crippen LogP contribution is -2.49. The molecule has 2 aliphatic rings. The van der Waals surface area contributed by atoms with Gasteiger partial charge in [0, 0.05) is 31.9 Å². The first-order valence-corrected chi connectivity index (χ1v) is 10.5. The summed E-state index contributed by atoms with van der Waals surface area (Å²) in [4.78, 5) is 38.5. The summed E-state index contributed by atoms with van der Waals surface area (Å²) in [6, 6.07) is 15.1. The lowest BCUT2D eigenvalue weighted by molar-refractivity contribution is -0.201. The van der Waals surface area contributed by atoms with Gasteiger partial charge in [-0.15, -0.1) is 0 Å². The highest BCUT2D eigenvalue weighted by Gasteiger charge is 2.42. The summed E-state index contributed by atoms with van der Waals surface area (Å²) in [6.45, 7) is 2.96. The average Bonchev–Trinajstić information content (AvgIpc) is 3.14. The second-order valence-electron chi connectivity index (χ2n) is 7.95. The van der Waals surface area contributed by atoms with Gasteiger partial charge in [-0.3, -0.25) is 9.69 Å². The van der Waals surface area contributed by atoms with Crippen molar-refractivity contribution < 1.29 is 32.3 Å². The largest absolute Gasteiger partial charge is 0.491 e. The Morgan fingerprint density at radius 3 is 2.27 bits per heavy atom. The zero-order valence-corrected chi connectivity index (χ0v) is 17.6. The minimum Gasteiger partial charge on any atom is -0.386 e. The van der Waals surface area contributed by atoms with E-state index in [4.69, 9.17) is 0 Å². The molecule has 0 aliphatic carbocycles. The molecular weight excluding hydrogens is 439 g/mol. The molecule has 33 heavy (non-hydrogen) atoms. The lowest BCUT2D eigenvalue weighted by Gasteiger charge is -2.28. The molecule has 174 valence electrons. The maximum Gasteiger partial charge on any atom is 0.491 e. The summed E-state index contributed by atoms with van der Waals surface area (Å²) in [7, 11) is 0. The number of nitrogens with zero attached hydrogens (tertiary/aromatic N) is 2. The van der Waals surface area contributed by atoms with Crippen LogP contribution in [0.15, 0.2) is 48.5 Å². The summed E-state index contributed by atoms with van der Waals surface area (Å²) in [5.41, 5.74) is 3.41. The number of ether oxygens (including phenoxy) is 1. The molecule has 0 bridgehead atoms. The minimum absolute atomic E-state index is 0.0223. The number of hydrogen-bond acceptors (Lipinski definition) is 5. The number of halogens is 3. The molecule has 2 heterocycles. The summed E-state index contributed by atoms with van der Waals surface area (Å²) in [6.07, 6.45) is -5.39. The van der Waals surface area contributed by atoms with Crippen molar-refractivity contribution in [2.45, 2.75) is 25.1 Å². The molecule has 10 heteroatoms. The molecule has 0 spiro atoms. The number of aryl methyl sites for hydroxylation is 1. The summed E-state index contributed by atoms with van der Waals surface area (Å²) < 4.78 is 40.2. The topological polar surface area (TPSA) is 79.0 Å². The van der Waals surface area contributed by atoms with Gasteiger partial charge in [-0.2, -0.15) is 13.2 Å². The van der Waals surface area contributed by atoms with Crippen LogP contribution in [0.3, 0.4) is 0 Å². The van der Waals surface area contributed by atoms with Crippen molar-refractivity contribution in [2.24, 2.45) is 0 Å². The molecule has 2 aromatic rings. The van der Waals surface area contributed by atoms with Gasteiger partial charge in [0.25, 0.3) is 0 Å². The molecule has 7 nitrogen and oxygen atoms in total. The monoisotopic (exact) mass is 461 g/mol. The maximum atomic E-state index is 12.7. The zero-order chi connectivity index (χ0) is 23.6. The Morgan fingerprint density at radius 1 is 1.03 bits per heavy atom. The van der Waals surface area contributed by atoms with E-state index in [1.165, 1.54) is 0 Å². The Bertz CT molecular complexity index is 1040. The quantitative estimate of drug-likeness (QED) is 0.547. The second kappa shape index (κ2) is 9.22. The van der Waals surface area contributed by atoms with E-state index in [0.29, 0.717) is 13.1 Å². The molecule has 0 unspecified atom stereocenters. The Labute approximate surface area is 188 Å². The number of piperazine rings is 1. The van der Waals surface area contributed by atoms with E-state index in [1.807, 2.05) is 41.3 Å². The highest BCUT2D eigenvalue weighted by atomic mass is 19.4. The molecular formula is C23H22F3N3O4. The van der Waals surface area contributed by atoms with Gasteiger partial charge in [0.1, 0.15) is 0 Å². The van der Waals surface area contributed by atoms with E-state index in [2.05, 4.69) is 10.1 Å². The van der Waals surface area contributed by atoms with Crippen LogP contribution in [0.25, 0.3) is 11.1 Å². The van der Waals surface area contributed by atoms with Crippen molar-refractivity contribution in [3.05, 3.63) is 54.1 Å². The van der Waals surface area contributed by atoms with Crippen molar-refractivity contribution >= 4 is 23.7 Å². The molecule has 0 aromatic heterocycles. The SMILES string of the molecule is O=C(CCc1ccc(-c2ccc(N3C[C@@H]4CNCCN4C3=O)cc2)cc1)OC(=O)C(F)(F)F. The standard InChI is InChI=1S/C23H22F3N3O4/c24-23(25,26)21(31)33-20(30)10-3-15-1-4-16(5-2-15)17-6-8-18(9-7-17)29-14-19-13-27-11-12-28(19)22(29)32/h1-2,4-9,19,27H,3,10-14H2/t19-/m0/s1. The number of carbonyl (C=O) groups excluding carboxylic acids is 3. The number of fused-ring (bicyclic) bond motifs is 1. The second-order valence-corrected chi connectivity index (χ2v) is 7.95. The van der Waals surface area contributed by atoms with Crippen LogP contribution in [0.1, 0.15) is 12.0 Å². The van der Waals surface area contributed by atoms with Gasteiger partial charge in [-0.25, -0.2) is 9.59 Å². The van der Waals surface area contributed by atoms with Crippen molar-refractivity contribution in [3.63, 3.8) is 0 Å². The van der Waals surface area contributed by atoms with Crippen LogP contribution in [0.2, 0.25) is 0 Å². The molecule has 1 N–H and O–H groups in total. The van der Waals surface area contributed by atoms with Gasteiger partial charge < -0.3 is 15.0 Å². The fourth-order valence-corrected chi connectivity index (χ4v) is 3.99. The number of urea groups is 1. The number of nitrogens with one attached hydrogen (secondary N) is 1. The van der Waals surface area contributed by atoms with Gasteiger partial charge in [-0.05, 0) is 35.2 Å². The highest BCUT2D eigenvalue weighted by Crippen LogP contribution is 2.28. The van der Waals surface area contributed by atoms with Crippen LogP contribution in [-0.2, 0) is 20.7 Å². The first kappa shape index (κ1) is 22.8. The zero-order valence-electron chi connectivity index (χ0n) is 17.6. The van der Waals surface area contributed by atoms with Crippen molar-refractivity contribution in [3.8, 4) is 11.1 Å². The van der Waals surface area contributed by atoms with E-state index < -0.39 is 18.1 Å². The Kier molecular flexibility index (Phi) is 6.37. The van der Waals surface area contributed by atoms with Crippen LogP contribution < -0.4 is 10.2 Å². The van der Waals surface area contributed by atoms with Crippen molar-refractivity contribution in [2.75, 3.05) is 31.1 Å². The van der Waals surface area contributed by atoms with Crippen LogP contribution in [-0.4, -0.2) is 61.3 Å². The number of amides is 2. The van der Waals surface area contributed by atoms with Crippen molar-refractivity contribution in [1.82, 2.24) is 10.2 Å². The molecule has 2 amide bonds. The predicted molar refractivity (Wildman–Crippen MR) is 113 cm³/mol. The highest BCUT2D eigenvalue weighted by molar-refractivity contribution is 5.95. The lowest BCUT2D eigenvalue weighted by atomic mass is 10.0. The van der Waals surface area contributed by atoms with E-state index >= 15 is 0 Å². The molecule has 1 atom stereocenters. The molecule has 2 saturated heterocycles.